The van der Waals surface area contributed by atoms with Gasteiger partial charge in [-0.1, -0.05) is 32.0 Å². The molecule has 0 fully saturated rings. The van der Waals surface area contributed by atoms with Gasteiger partial charge < -0.3 is 14.6 Å². The van der Waals surface area contributed by atoms with Gasteiger partial charge in [0.05, 0.1) is 19.6 Å². The fourth-order valence-corrected chi connectivity index (χ4v) is 1.77. The number of rotatable bonds is 7. The summed E-state index contributed by atoms with van der Waals surface area (Å²) >= 11 is 0. The highest BCUT2D eigenvalue weighted by molar-refractivity contribution is 5.69. The van der Waals surface area contributed by atoms with Gasteiger partial charge in [-0.05, 0) is 24.0 Å². The van der Waals surface area contributed by atoms with E-state index in [-0.39, 0.29) is 13.0 Å². The molecule has 0 bridgehead atoms. The van der Waals surface area contributed by atoms with Crippen molar-refractivity contribution in [3.8, 4) is 5.75 Å². The zero-order valence-electron chi connectivity index (χ0n) is 11.8. The Hall–Kier alpha value is -1.55. The Morgan fingerprint density at radius 3 is 2.63 bits per heavy atom. The van der Waals surface area contributed by atoms with Crippen LogP contribution in [0.4, 0.5) is 0 Å². The van der Waals surface area contributed by atoms with Crippen molar-refractivity contribution in [2.45, 2.75) is 32.8 Å². The summed E-state index contributed by atoms with van der Waals surface area (Å²) in [5.74, 6) is 0.858. The Balaban J connectivity index is 2.54. The number of esters is 1. The molecule has 0 aromatic heterocycles. The highest BCUT2D eigenvalue weighted by atomic mass is 16.5. The molecular weight excluding hydrogens is 244 g/mol. The molecule has 0 aliphatic rings. The van der Waals surface area contributed by atoms with Gasteiger partial charge >= 0.3 is 5.97 Å². The molecule has 1 aromatic rings. The van der Waals surface area contributed by atoms with Crippen LogP contribution in [0.1, 0.15) is 25.8 Å². The fourth-order valence-electron chi connectivity index (χ4n) is 1.77. The Morgan fingerprint density at radius 2 is 2.00 bits per heavy atom. The van der Waals surface area contributed by atoms with Gasteiger partial charge in [0, 0.05) is 0 Å². The molecule has 0 heterocycles. The molecule has 0 spiro atoms. The van der Waals surface area contributed by atoms with Crippen LogP contribution in [0.3, 0.4) is 0 Å². The molecule has 1 atom stereocenters. The maximum atomic E-state index is 11.0. The normalized spacial score (nSPS) is 12.3. The van der Waals surface area contributed by atoms with Crippen LogP contribution in [0.15, 0.2) is 24.3 Å². The molecule has 1 N–H and O–H groups in total. The van der Waals surface area contributed by atoms with E-state index in [1.54, 1.807) is 0 Å². The molecular formula is C15H22O4. The Bertz CT molecular complexity index is 401. The predicted octanol–water partition coefficient (Wildman–Crippen LogP) is 2.19. The van der Waals surface area contributed by atoms with Gasteiger partial charge in [0.15, 0.2) is 0 Å². The van der Waals surface area contributed by atoms with E-state index in [1.807, 2.05) is 24.3 Å². The van der Waals surface area contributed by atoms with E-state index in [0.717, 1.165) is 17.7 Å². The average molecular weight is 266 g/mol. The predicted molar refractivity (Wildman–Crippen MR) is 73.1 cm³/mol. The second-order valence-electron chi connectivity index (χ2n) is 4.95. The minimum Gasteiger partial charge on any atom is -0.491 e. The van der Waals surface area contributed by atoms with Gasteiger partial charge in [0.1, 0.15) is 12.4 Å². The van der Waals surface area contributed by atoms with Crippen LogP contribution < -0.4 is 4.74 Å². The fraction of sp³-hybridized carbons (Fsp3) is 0.533. The second kappa shape index (κ2) is 7.79. The van der Waals surface area contributed by atoms with Crippen LogP contribution in [0, 0.1) is 5.92 Å². The van der Waals surface area contributed by atoms with Crippen LogP contribution in [0.25, 0.3) is 0 Å². The summed E-state index contributed by atoms with van der Waals surface area (Å²) in [4.78, 5) is 11.0. The van der Waals surface area contributed by atoms with Crippen molar-refractivity contribution in [2.75, 3.05) is 13.7 Å². The first-order chi connectivity index (χ1) is 9.02. The van der Waals surface area contributed by atoms with Gasteiger partial charge in [0.2, 0.25) is 0 Å². The van der Waals surface area contributed by atoms with E-state index in [0.29, 0.717) is 5.92 Å². The van der Waals surface area contributed by atoms with E-state index in [9.17, 15) is 9.90 Å². The van der Waals surface area contributed by atoms with Gasteiger partial charge in [-0.2, -0.15) is 0 Å². The van der Waals surface area contributed by atoms with E-state index < -0.39 is 12.1 Å². The summed E-state index contributed by atoms with van der Waals surface area (Å²) in [5.41, 5.74) is 1.11. The minimum absolute atomic E-state index is 0.0527. The van der Waals surface area contributed by atoms with E-state index >= 15 is 0 Å². The van der Waals surface area contributed by atoms with Crippen LogP contribution in [-0.4, -0.2) is 30.9 Å². The summed E-state index contributed by atoms with van der Waals surface area (Å²) in [6, 6.07) is 7.76. The molecule has 106 valence electrons. The number of hydrogen-bond donors (Lipinski definition) is 1. The number of para-hydroxylation sites is 1. The van der Waals surface area contributed by atoms with Gasteiger partial charge in [-0.25, -0.2) is 0 Å². The molecule has 4 heteroatoms. The van der Waals surface area contributed by atoms with Crippen molar-refractivity contribution in [1.82, 2.24) is 0 Å². The standard InChI is InChI=1S/C15H22O4/c1-11(2)8-12-6-4-5-7-14(12)19-10-13(16)9-15(17)18-3/h4-7,11,13,16H,8-10H2,1-3H3/t13-/m0/s1. The summed E-state index contributed by atoms with van der Waals surface area (Å²) in [7, 11) is 1.30. The number of hydrogen-bond acceptors (Lipinski definition) is 4. The lowest BCUT2D eigenvalue weighted by molar-refractivity contribution is -0.143. The quantitative estimate of drug-likeness (QED) is 0.769. The Kier molecular flexibility index (Phi) is 6.36. The Morgan fingerprint density at radius 1 is 1.32 bits per heavy atom. The van der Waals surface area contributed by atoms with Crippen LogP contribution in [0.5, 0.6) is 5.75 Å². The smallest absolute Gasteiger partial charge is 0.308 e. The van der Waals surface area contributed by atoms with Crippen molar-refractivity contribution >= 4 is 5.97 Å². The molecule has 0 aliphatic carbocycles. The average Bonchev–Trinajstić information content (AvgIpc) is 2.37. The number of ether oxygens (including phenoxy) is 2. The van der Waals surface area contributed by atoms with Crippen molar-refractivity contribution < 1.29 is 19.4 Å². The number of aliphatic hydroxyl groups is 1. The molecule has 0 aliphatic heterocycles. The first kappa shape index (κ1) is 15.5. The van der Waals surface area contributed by atoms with Crippen molar-refractivity contribution in [2.24, 2.45) is 5.92 Å². The van der Waals surface area contributed by atoms with Gasteiger partial charge in [0.25, 0.3) is 0 Å². The minimum atomic E-state index is -0.848. The maximum Gasteiger partial charge on any atom is 0.308 e. The summed E-state index contributed by atoms with van der Waals surface area (Å²) in [6.07, 6.45) is 0.0195. The number of carbonyl (C=O) groups excluding carboxylic acids is 1. The molecule has 0 unspecified atom stereocenters. The molecule has 1 aromatic carbocycles. The number of carbonyl (C=O) groups is 1. The lowest BCUT2D eigenvalue weighted by Gasteiger charge is -2.15. The summed E-state index contributed by atoms with van der Waals surface area (Å²) < 4.78 is 10.1. The highest BCUT2D eigenvalue weighted by Crippen LogP contribution is 2.21. The van der Waals surface area contributed by atoms with Gasteiger partial charge in [-0.15, -0.1) is 0 Å². The lowest BCUT2D eigenvalue weighted by atomic mass is 10.0. The third kappa shape index (κ3) is 5.75. The van der Waals surface area contributed by atoms with Crippen molar-refractivity contribution in [3.05, 3.63) is 29.8 Å². The van der Waals surface area contributed by atoms with Crippen molar-refractivity contribution in [3.63, 3.8) is 0 Å². The monoisotopic (exact) mass is 266 g/mol. The number of methoxy groups -OCH3 is 1. The topological polar surface area (TPSA) is 55.8 Å². The molecule has 4 nitrogen and oxygen atoms in total. The molecule has 0 saturated carbocycles. The number of aliphatic hydroxyl groups excluding tert-OH is 1. The van der Waals surface area contributed by atoms with E-state index in [2.05, 4.69) is 18.6 Å². The third-order valence-electron chi connectivity index (χ3n) is 2.66. The molecule has 0 amide bonds. The zero-order valence-corrected chi connectivity index (χ0v) is 11.8. The largest absolute Gasteiger partial charge is 0.491 e. The lowest BCUT2D eigenvalue weighted by Crippen LogP contribution is -2.22. The SMILES string of the molecule is COC(=O)C[C@H](O)COc1ccccc1CC(C)C. The highest BCUT2D eigenvalue weighted by Gasteiger charge is 2.13. The van der Waals surface area contributed by atoms with Gasteiger partial charge in [-0.3, -0.25) is 4.79 Å². The maximum absolute atomic E-state index is 11.0. The number of benzene rings is 1. The summed E-state index contributed by atoms with van der Waals surface area (Å²) in [6.45, 7) is 4.37. The van der Waals surface area contributed by atoms with E-state index in [4.69, 9.17) is 4.74 Å². The molecule has 1 rings (SSSR count). The van der Waals surface area contributed by atoms with Crippen molar-refractivity contribution in [1.29, 1.82) is 0 Å². The van der Waals surface area contributed by atoms with Crippen LogP contribution in [-0.2, 0) is 16.0 Å². The zero-order chi connectivity index (χ0) is 14.3. The Labute approximate surface area is 114 Å². The third-order valence-corrected chi connectivity index (χ3v) is 2.66. The van der Waals surface area contributed by atoms with E-state index in [1.165, 1.54) is 7.11 Å². The molecule has 19 heavy (non-hydrogen) atoms. The molecule has 0 saturated heterocycles. The van der Waals surface area contributed by atoms with Crippen LogP contribution in [0.2, 0.25) is 0 Å². The van der Waals surface area contributed by atoms with Crippen LogP contribution >= 0.6 is 0 Å². The molecule has 0 radical (unpaired) electrons. The first-order valence-electron chi connectivity index (χ1n) is 6.48. The first-order valence-corrected chi connectivity index (χ1v) is 6.48. The second-order valence-corrected chi connectivity index (χ2v) is 4.95. The summed E-state index contributed by atoms with van der Waals surface area (Å²) in [5, 5.41) is 9.66.